The standard InChI is InChI=1S/C19H22Cl2N2O2/c1-24-16-7-6-13(12-17(16)25-2)19(23-10-8-22-9-11-23)14-4-3-5-15(20)18(14)21/h3-7,12,19,22H,8-11H2,1-2H3. The van der Waals surface area contributed by atoms with E-state index in [1.54, 1.807) is 14.2 Å². The van der Waals surface area contributed by atoms with Crippen LogP contribution in [-0.2, 0) is 0 Å². The third kappa shape index (κ3) is 3.87. The summed E-state index contributed by atoms with van der Waals surface area (Å²) in [6, 6.07) is 11.8. The van der Waals surface area contributed by atoms with Crippen LogP contribution in [0.4, 0.5) is 0 Å². The Balaban J connectivity index is 2.09. The highest BCUT2D eigenvalue weighted by Gasteiger charge is 2.27. The molecule has 1 saturated heterocycles. The highest BCUT2D eigenvalue weighted by atomic mass is 35.5. The molecule has 0 radical (unpaired) electrons. The molecule has 0 aromatic heterocycles. The van der Waals surface area contributed by atoms with Crippen LogP contribution in [0, 0.1) is 0 Å². The number of ether oxygens (including phenoxy) is 2. The van der Waals surface area contributed by atoms with E-state index in [1.165, 1.54) is 0 Å². The van der Waals surface area contributed by atoms with E-state index in [0.29, 0.717) is 21.5 Å². The Bertz CT molecular complexity index is 733. The van der Waals surface area contributed by atoms with Gasteiger partial charge in [0.05, 0.1) is 30.3 Å². The van der Waals surface area contributed by atoms with E-state index in [2.05, 4.69) is 16.3 Å². The normalized spacial score (nSPS) is 16.5. The lowest BCUT2D eigenvalue weighted by Crippen LogP contribution is -2.45. The number of hydrogen-bond donors (Lipinski definition) is 1. The Labute approximate surface area is 158 Å². The van der Waals surface area contributed by atoms with Crippen molar-refractivity contribution in [2.75, 3.05) is 40.4 Å². The van der Waals surface area contributed by atoms with Crippen LogP contribution in [0.3, 0.4) is 0 Å². The first-order chi connectivity index (χ1) is 12.2. The molecule has 25 heavy (non-hydrogen) atoms. The molecule has 2 aromatic carbocycles. The summed E-state index contributed by atoms with van der Waals surface area (Å²) in [5, 5.41) is 4.56. The van der Waals surface area contributed by atoms with Gasteiger partial charge in [-0.3, -0.25) is 4.90 Å². The van der Waals surface area contributed by atoms with E-state index in [-0.39, 0.29) is 6.04 Å². The molecule has 1 aliphatic heterocycles. The molecule has 2 aromatic rings. The molecule has 1 aliphatic rings. The summed E-state index contributed by atoms with van der Waals surface area (Å²) in [5.74, 6) is 1.42. The van der Waals surface area contributed by atoms with Gasteiger partial charge in [-0.2, -0.15) is 0 Å². The largest absolute Gasteiger partial charge is 0.493 e. The highest BCUT2D eigenvalue weighted by Crippen LogP contribution is 2.39. The molecule has 0 aliphatic carbocycles. The smallest absolute Gasteiger partial charge is 0.161 e. The Morgan fingerprint density at radius 2 is 1.72 bits per heavy atom. The lowest BCUT2D eigenvalue weighted by Gasteiger charge is -2.36. The molecule has 134 valence electrons. The van der Waals surface area contributed by atoms with E-state index in [4.69, 9.17) is 32.7 Å². The van der Waals surface area contributed by atoms with Crippen molar-refractivity contribution < 1.29 is 9.47 Å². The third-order valence-corrected chi connectivity index (χ3v) is 5.35. The van der Waals surface area contributed by atoms with Crippen LogP contribution < -0.4 is 14.8 Å². The quantitative estimate of drug-likeness (QED) is 0.849. The third-order valence-electron chi connectivity index (χ3n) is 4.52. The summed E-state index contributed by atoms with van der Waals surface area (Å²) in [5.41, 5.74) is 2.10. The van der Waals surface area contributed by atoms with Crippen LogP contribution in [0.15, 0.2) is 36.4 Å². The van der Waals surface area contributed by atoms with Crippen molar-refractivity contribution in [3.05, 3.63) is 57.6 Å². The molecule has 1 fully saturated rings. The van der Waals surface area contributed by atoms with Crippen LogP contribution in [0.5, 0.6) is 11.5 Å². The first-order valence-electron chi connectivity index (χ1n) is 8.26. The van der Waals surface area contributed by atoms with Gasteiger partial charge < -0.3 is 14.8 Å². The van der Waals surface area contributed by atoms with Gasteiger partial charge in [-0.1, -0.05) is 41.4 Å². The van der Waals surface area contributed by atoms with Gasteiger partial charge in [-0.25, -0.2) is 0 Å². The van der Waals surface area contributed by atoms with Crippen molar-refractivity contribution in [2.24, 2.45) is 0 Å². The lowest BCUT2D eigenvalue weighted by molar-refractivity contribution is 0.198. The van der Waals surface area contributed by atoms with E-state index in [0.717, 1.165) is 37.3 Å². The maximum absolute atomic E-state index is 6.56. The second-order valence-corrected chi connectivity index (χ2v) is 6.73. The SMILES string of the molecule is COc1ccc(C(c2cccc(Cl)c2Cl)N2CCNCC2)cc1OC. The summed E-state index contributed by atoms with van der Waals surface area (Å²) < 4.78 is 10.9. The fourth-order valence-electron chi connectivity index (χ4n) is 3.28. The predicted octanol–water partition coefficient (Wildman–Crippen LogP) is 4.01. The Kier molecular flexibility index (Phi) is 6.07. The summed E-state index contributed by atoms with van der Waals surface area (Å²) in [4.78, 5) is 2.41. The van der Waals surface area contributed by atoms with Gasteiger partial charge in [0.1, 0.15) is 0 Å². The number of piperazine rings is 1. The van der Waals surface area contributed by atoms with Crippen LogP contribution >= 0.6 is 23.2 Å². The van der Waals surface area contributed by atoms with E-state index in [1.807, 2.05) is 30.3 Å². The fourth-order valence-corrected chi connectivity index (χ4v) is 3.69. The summed E-state index contributed by atoms with van der Waals surface area (Å²) in [6.07, 6.45) is 0. The fraction of sp³-hybridized carbons (Fsp3) is 0.368. The first-order valence-corrected chi connectivity index (χ1v) is 9.02. The van der Waals surface area contributed by atoms with Crippen molar-refractivity contribution >= 4 is 23.2 Å². The van der Waals surface area contributed by atoms with Crippen LogP contribution in [0.2, 0.25) is 10.0 Å². The zero-order chi connectivity index (χ0) is 17.8. The average Bonchev–Trinajstić information content (AvgIpc) is 2.66. The van der Waals surface area contributed by atoms with Crippen molar-refractivity contribution in [3.8, 4) is 11.5 Å². The van der Waals surface area contributed by atoms with Gasteiger partial charge in [0, 0.05) is 26.2 Å². The highest BCUT2D eigenvalue weighted by molar-refractivity contribution is 6.42. The van der Waals surface area contributed by atoms with Crippen LogP contribution in [-0.4, -0.2) is 45.3 Å². The minimum absolute atomic E-state index is 0.00751. The molecule has 0 saturated carbocycles. The zero-order valence-corrected chi connectivity index (χ0v) is 15.9. The van der Waals surface area contributed by atoms with Crippen LogP contribution in [0.25, 0.3) is 0 Å². The van der Waals surface area contributed by atoms with Gasteiger partial charge in [-0.05, 0) is 29.3 Å². The number of hydrogen-bond acceptors (Lipinski definition) is 4. The van der Waals surface area contributed by atoms with Crippen molar-refractivity contribution in [1.82, 2.24) is 10.2 Å². The number of benzene rings is 2. The monoisotopic (exact) mass is 380 g/mol. The van der Waals surface area contributed by atoms with Crippen molar-refractivity contribution in [3.63, 3.8) is 0 Å². The maximum Gasteiger partial charge on any atom is 0.161 e. The summed E-state index contributed by atoms with van der Waals surface area (Å²) in [6.45, 7) is 3.76. The molecule has 1 atom stereocenters. The average molecular weight is 381 g/mol. The molecule has 6 heteroatoms. The lowest BCUT2D eigenvalue weighted by atomic mass is 9.96. The van der Waals surface area contributed by atoms with Crippen molar-refractivity contribution in [1.29, 1.82) is 0 Å². The topological polar surface area (TPSA) is 33.7 Å². The minimum Gasteiger partial charge on any atom is -0.493 e. The number of nitrogens with one attached hydrogen (secondary N) is 1. The molecule has 3 rings (SSSR count). The van der Waals surface area contributed by atoms with Gasteiger partial charge in [0.15, 0.2) is 11.5 Å². The van der Waals surface area contributed by atoms with Gasteiger partial charge in [0.25, 0.3) is 0 Å². The molecule has 1 heterocycles. The Morgan fingerprint density at radius 3 is 2.40 bits per heavy atom. The van der Waals surface area contributed by atoms with Crippen LogP contribution in [0.1, 0.15) is 17.2 Å². The Hall–Kier alpha value is -1.46. The second kappa shape index (κ2) is 8.28. The predicted molar refractivity (Wildman–Crippen MR) is 102 cm³/mol. The van der Waals surface area contributed by atoms with E-state index < -0.39 is 0 Å². The Morgan fingerprint density at radius 1 is 1.00 bits per heavy atom. The maximum atomic E-state index is 6.56. The number of methoxy groups -OCH3 is 2. The van der Waals surface area contributed by atoms with Gasteiger partial charge in [0.2, 0.25) is 0 Å². The molecular formula is C19H22Cl2N2O2. The molecule has 1 unspecified atom stereocenters. The van der Waals surface area contributed by atoms with E-state index >= 15 is 0 Å². The minimum atomic E-state index is 0.00751. The molecule has 0 bridgehead atoms. The van der Waals surface area contributed by atoms with E-state index in [9.17, 15) is 0 Å². The molecule has 0 spiro atoms. The number of nitrogens with zero attached hydrogens (tertiary/aromatic N) is 1. The number of halogens is 2. The van der Waals surface area contributed by atoms with Gasteiger partial charge in [-0.15, -0.1) is 0 Å². The molecule has 4 nitrogen and oxygen atoms in total. The number of rotatable bonds is 5. The summed E-state index contributed by atoms with van der Waals surface area (Å²) >= 11 is 12.8. The molecular weight excluding hydrogens is 359 g/mol. The molecule has 1 N–H and O–H groups in total. The zero-order valence-electron chi connectivity index (χ0n) is 14.4. The van der Waals surface area contributed by atoms with Gasteiger partial charge >= 0.3 is 0 Å². The first kappa shape index (κ1) is 18.3. The molecule has 0 amide bonds. The summed E-state index contributed by atoms with van der Waals surface area (Å²) in [7, 11) is 3.28. The van der Waals surface area contributed by atoms with Crippen molar-refractivity contribution in [2.45, 2.75) is 6.04 Å². The second-order valence-electron chi connectivity index (χ2n) is 5.95.